The van der Waals surface area contributed by atoms with Gasteiger partial charge >= 0.3 is 5.97 Å². The van der Waals surface area contributed by atoms with Gasteiger partial charge in [0.05, 0.1) is 5.69 Å². The minimum Gasteiger partial charge on any atom is -0.477 e. The van der Waals surface area contributed by atoms with Crippen molar-refractivity contribution < 1.29 is 14.7 Å². The maximum atomic E-state index is 11.8. The van der Waals surface area contributed by atoms with E-state index in [0.717, 1.165) is 11.3 Å². The molecule has 7 nitrogen and oxygen atoms in total. The Bertz CT molecular complexity index is 642. The number of amides is 1. The number of aryl methyl sites for hydroxylation is 2. The van der Waals surface area contributed by atoms with E-state index < -0.39 is 5.97 Å². The second-order valence-electron chi connectivity index (χ2n) is 4.52. The van der Waals surface area contributed by atoms with Crippen LogP contribution in [-0.2, 0) is 24.9 Å². The van der Waals surface area contributed by atoms with E-state index >= 15 is 0 Å². The summed E-state index contributed by atoms with van der Waals surface area (Å²) in [5.41, 5.74) is 1.89. The summed E-state index contributed by atoms with van der Waals surface area (Å²) in [4.78, 5) is 22.8. The summed E-state index contributed by atoms with van der Waals surface area (Å²) >= 11 is 0. The Morgan fingerprint density at radius 1 is 1.45 bits per heavy atom. The fourth-order valence-electron chi connectivity index (χ4n) is 1.97. The molecular formula is C13H16N4O3. The quantitative estimate of drug-likeness (QED) is 0.834. The molecule has 106 valence electrons. The SMILES string of the molecule is Cc1nn(C)cc1CNC(=O)Cn1cccc1C(=O)O. The van der Waals surface area contributed by atoms with Gasteiger partial charge < -0.3 is 15.0 Å². The van der Waals surface area contributed by atoms with Crippen molar-refractivity contribution in [2.24, 2.45) is 7.05 Å². The third-order valence-corrected chi connectivity index (χ3v) is 2.95. The zero-order valence-electron chi connectivity index (χ0n) is 11.3. The average molecular weight is 276 g/mol. The largest absolute Gasteiger partial charge is 0.477 e. The van der Waals surface area contributed by atoms with Crippen LogP contribution in [0.1, 0.15) is 21.7 Å². The Hall–Kier alpha value is -2.57. The number of nitrogens with zero attached hydrogens (tertiary/aromatic N) is 3. The minimum absolute atomic E-state index is 0.0199. The Kier molecular flexibility index (Phi) is 3.88. The molecule has 2 N–H and O–H groups in total. The van der Waals surface area contributed by atoms with Crippen molar-refractivity contribution in [2.75, 3.05) is 0 Å². The zero-order chi connectivity index (χ0) is 14.7. The van der Waals surface area contributed by atoms with E-state index in [4.69, 9.17) is 5.11 Å². The molecule has 0 atom stereocenters. The number of rotatable bonds is 5. The molecule has 0 aliphatic rings. The smallest absolute Gasteiger partial charge is 0.352 e. The molecule has 1 amide bonds. The van der Waals surface area contributed by atoms with Crippen LogP contribution in [-0.4, -0.2) is 31.3 Å². The summed E-state index contributed by atoms with van der Waals surface area (Å²) in [6.45, 7) is 2.23. The van der Waals surface area contributed by atoms with E-state index in [1.165, 1.54) is 10.6 Å². The Balaban J connectivity index is 1.94. The third-order valence-electron chi connectivity index (χ3n) is 2.95. The van der Waals surface area contributed by atoms with Gasteiger partial charge in [0.2, 0.25) is 5.91 Å². The zero-order valence-corrected chi connectivity index (χ0v) is 11.3. The highest BCUT2D eigenvalue weighted by Gasteiger charge is 2.12. The number of aromatic nitrogens is 3. The van der Waals surface area contributed by atoms with Crippen LogP contribution in [0.25, 0.3) is 0 Å². The third kappa shape index (κ3) is 3.05. The first-order valence-electron chi connectivity index (χ1n) is 6.11. The van der Waals surface area contributed by atoms with E-state index in [2.05, 4.69) is 10.4 Å². The summed E-state index contributed by atoms with van der Waals surface area (Å²) in [5.74, 6) is -1.29. The van der Waals surface area contributed by atoms with Crippen molar-refractivity contribution in [2.45, 2.75) is 20.0 Å². The highest BCUT2D eigenvalue weighted by Crippen LogP contribution is 2.05. The van der Waals surface area contributed by atoms with Crippen LogP contribution in [0.3, 0.4) is 0 Å². The van der Waals surface area contributed by atoms with Gasteiger partial charge in [0.15, 0.2) is 0 Å². The fraction of sp³-hybridized carbons (Fsp3) is 0.308. The molecule has 20 heavy (non-hydrogen) atoms. The van der Waals surface area contributed by atoms with Crippen molar-refractivity contribution in [3.8, 4) is 0 Å². The van der Waals surface area contributed by atoms with Crippen LogP contribution in [0, 0.1) is 6.92 Å². The number of hydrogen-bond donors (Lipinski definition) is 2. The molecule has 0 unspecified atom stereocenters. The van der Waals surface area contributed by atoms with Gasteiger partial charge in [-0.3, -0.25) is 9.48 Å². The first-order chi connectivity index (χ1) is 9.47. The van der Waals surface area contributed by atoms with E-state index in [1.807, 2.05) is 20.2 Å². The van der Waals surface area contributed by atoms with Crippen LogP contribution in [0.2, 0.25) is 0 Å². The summed E-state index contributed by atoms with van der Waals surface area (Å²) in [6.07, 6.45) is 3.41. The molecule has 0 radical (unpaired) electrons. The topological polar surface area (TPSA) is 89.2 Å². The Labute approximate surface area is 115 Å². The summed E-state index contributed by atoms with van der Waals surface area (Å²) in [7, 11) is 1.82. The molecule has 0 bridgehead atoms. The molecule has 2 rings (SSSR count). The Morgan fingerprint density at radius 3 is 2.80 bits per heavy atom. The van der Waals surface area contributed by atoms with Crippen molar-refractivity contribution in [1.82, 2.24) is 19.7 Å². The van der Waals surface area contributed by atoms with Crippen LogP contribution in [0.5, 0.6) is 0 Å². The number of carboxylic acid groups (broad SMARTS) is 1. The van der Waals surface area contributed by atoms with Gasteiger partial charge in [-0.2, -0.15) is 5.10 Å². The van der Waals surface area contributed by atoms with E-state index in [0.29, 0.717) is 6.54 Å². The maximum Gasteiger partial charge on any atom is 0.352 e. The highest BCUT2D eigenvalue weighted by atomic mass is 16.4. The number of carboxylic acids is 1. The van der Waals surface area contributed by atoms with Gasteiger partial charge in [-0.05, 0) is 19.1 Å². The lowest BCUT2D eigenvalue weighted by Crippen LogP contribution is -2.28. The van der Waals surface area contributed by atoms with E-state index in [9.17, 15) is 9.59 Å². The summed E-state index contributed by atoms with van der Waals surface area (Å²) in [5, 5.41) is 15.9. The standard InChI is InChI=1S/C13H16N4O3/c1-9-10(7-16(2)15-9)6-14-12(18)8-17-5-3-4-11(17)13(19)20/h3-5,7H,6,8H2,1-2H3,(H,14,18)(H,19,20). The van der Waals surface area contributed by atoms with Gasteiger partial charge in [0, 0.05) is 31.5 Å². The molecule has 2 aromatic heterocycles. The molecular weight excluding hydrogens is 260 g/mol. The lowest BCUT2D eigenvalue weighted by Gasteiger charge is -2.07. The summed E-state index contributed by atoms with van der Waals surface area (Å²) < 4.78 is 3.08. The Morgan fingerprint density at radius 2 is 2.20 bits per heavy atom. The van der Waals surface area contributed by atoms with Gasteiger partial charge in [-0.1, -0.05) is 0 Å². The number of nitrogens with one attached hydrogen (secondary N) is 1. The fourth-order valence-corrected chi connectivity index (χ4v) is 1.97. The second-order valence-corrected chi connectivity index (χ2v) is 4.52. The van der Waals surface area contributed by atoms with Crippen molar-refractivity contribution in [1.29, 1.82) is 0 Å². The molecule has 0 saturated heterocycles. The van der Waals surface area contributed by atoms with Crippen LogP contribution in [0.15, 0.2) is 24.5 Å². The van der Waals surface area contributed by atoms with Crippen molar-refractivity contribution in [3.63, 3.8) is 0 Å². The van der Waals surface area contributed by atoms with Gasteiger partial charge in [0.25, 0.3) is 0 Å². The maximum absolute atomic E-state index is 11.8. The van der Waals surface area contributed by atoms with Crippen LogP contribution < -0.4 is 5.32 Å². The molecule has 0 fully saturated rings. The summed E-state index contributed by atoms with van der Waals surface area (Å²) in [6, 6.07) is 3.06. The average Bonchev–Trinajstić information content (AvgIpc) is 2.93. The van der Waals surface area contributed by atoms with Crippen molar-refractivity contribution >= 4 is 11.9 Å². The molecule has 2 aromatic rings. The molecule has 0 saturated carbocycles. The van der Waals surface area contributed by atoms with Gasteiger partial charge in [-0.15, -0.1) is 0 Å². The second kappa shape index (κ2) is 5.60. The van der Waals surface area contributed by atoms with E-state index in [-0.39, 0.29) is 18.1 Å². The van der Waals surface area contributed by atoms with Crippen LogP contribution in [0.4, 0.5) is 0 Å². The predicted molar refractivity (Wildman–Crippen MR) is 71.2 cm³/mol. The lowest BCUT2D eigenvalue weighted by molar-refractivity contribution is -0.121. The lowest BCUT2D eigenvalue weighted by atomic mass is 10.2. The highest BCUT2D eigenvalue weighted by molar-refractivity contribution is 5.86. The normalized spacial score (nSPS) is 10.5. The molecule has 7 heteroatoms. The van der Waals surface area contributed by atoms with Gasteiger partial charge in [0.1, 0.15) is 12.2 Å². The molecule has 0 spiro atoms. The van der Waals surface area contributed by atoms with Crippen LogP contribution >= 0.6 is 0 Å². The first-order valence-corrected chi connectivity index (χ1v) is 6.11. The molecule has 0 aliphatic heterocycles. The molecule has 0 aromatic carbocycles. The number of carbonyl (C=O) groups is 2. The number of hydrogen-bond acceptors (Lipinski definition) is 3. The first kappa shape index (κ1) is 13.9. The van der Waals surface area contributed by atoms with Gasteiger partial charge in [-0.25, -0.2) is 4.79 Å². The number of carbonyl (C=O) groups excluding carboxylic acids is 1. The molecule has 0 aliphatic carbocycles. The van der Waals surface area contributed by atoms with E-state index in [1.54, 1.807) is 16.9 Å². The predicted octanol–water partition coefficient (Wildman–Crippen LogP) is 0.545. The van der Waals surface area contributed by atoms with Crippen molar-refractivity contribution in [3.05, 3.63) is 41.5 Å². The molecule has 2 heterocycles. The number of aromatic carboxylic acids is 1. The minimum atomic E-state index is -1.05. The monoisotopic (exact) mass is 276 g/mol.